The van der Waals surface area contributed by atoms with Gasteiger partial charge in [-0.25, -0.2) is 19.2 Å². The summed E-state index contributed by atoms with van der Waals surface area (Å²) in [7, 11) is 5.54. The standard InChI is InChI=1S/C58H80N6O12/c1-16-41-32-59-64(33-41)34-44-24-22-43(23-25-44)31-50-54(68)63(15)46(27-36(4)5)56(70)74-39(10)51(65)60(12)47(28-37(6)7)57(71)75-49(30-42-20-18-17-19-21-42)53(67)62(14)45(26-35(2)3)55(69)73-40(11)52(66)61(13)48(29-38(8)9)58(72)76-50/h1,17-25,32-33,35-40,45-50H,26-31,34H2,2-15H3/t39-,40-,45+,46+,47+,48+,49-,50-/m1/s1. The van der Waals surface area contributed by atoms with Crippen LogP contribution < -0.4 is 0 Å². The van der Waals surface area contributed by atoms with Crippen molar-refractivity contribution in [2.24, 2.45) is 23.7 Å². The smallest absolute Gasteiger partial charge is 0.329 e. The quantitative estimate of drug-likeness (QED) is 0.105. The van der Waals surface area contributed by atoms with Crippen molar-refractivity contribution in [3.63, 3.8) is 0 Å². The van der Waals surface area contributed by atoms with Crippen molar-refractivity contribution in [2.45, 2.75) is 163 Å². The molecule has 0 spiro atoms. The van der Waals surface area contributed by atoms with Gasteiger partial charge in [-0.15, -0.1) is 6.42 Å². The Bertz CT molecular complexity index is 2500. The molecule has 0 bridgehead atoms. The van der Waals surface area contributed by atoms with Crippen LogP contribution in [0, 0.1) is 36.0 Å². The average Bonchev–Trinajstić information content (AvgIpc) is 3.83. The van der Waals surface area contributed by atoms with Gasteiger partial charge in [0, 0.05) is 47.2 Å². The third kappa shape index (κ3) is 17.3. The summed E-state index contributed by atoms with van der Waals surface area (Å²) < 4.78 is 25.7. The number of ether oxygens (including phenoxy) is 4. The number of benzene rings is 2. The fourth-order valence-electron chi connectivity index (χ4n) is 9.02. The summed E-state index contributed by atoms with van der Waals surface area (Å²) in [6.45, 7) is 17.9. The van der Waals surface area contributed by atoms with E-state index in [1.54, 1.807) is 59.5 Å². The van der Waals surface area contributed by atoms with E-state index < -0.39 is 96.1 Å². The van der Waals surface area contributed by atoms with E-state index in [0.29, 0.717) is 23.2 Å². The van der Waals surface area contributed by atoms with Crippen LogP contribution in [0.4, 0.5) is 0 Å². The molecule has 0 saturated carbocycles. The van der Waals surface area contributed by atoms with Crippen LogP contribution in [0.3, 0.4) is 0 Å². The highest BCUT2D eigenvalue weighted by Crippen LogP contribution is 2.24. The maximum absolute atomic E-state index is 14.9. The Labute approximate surface area is 449 Å². The summed E-state index contributed by atoms with van der Waals surface area (Å²) >= 11 is 0. The van der Waals surface area contributed by atoms with E-state index in [0.717, 1.165) is 25.2 Å². The number of likely N-dealkylation sites (N-methyl/N-ethyl adjacent to an activating group) is 4. The highest BCUT2D eigenvalue weighted by Gasteiger charge is 2.43. The van der Waals surface area contributed by atoms with Crippen LogP contribution >= 0.6 is 0 Å². The van der Waals surface area contributed by atoms with Crippen molar-refractivity contribution in [1.82, 2.24) is 29.4 Å². The Morgan fingerprint density at radius 2 is 0.816 bits per heavy atom. The number of hydrogen-bond acceptors (Lipinski definition) is 13. The molecule has 1 fully saturated rings. The third-order valence-electron chi connectivity index (χ3n) is 13.3. The monoisotopic (exact) mass is 1050 g/mol. The van der Waals surface area contributed by atoms with Crippen molar-refractivity contribution in [3.8, 4) is 12.3 Å². The predicted molar refractivity (Wildman–Crippen MR) is 284 cm³/mol. The Kier molecular flexibility index (Phi) is 22.8. The average molecular weight is 1050 g/mol. The fraction of sp³-hybridized carbons (Fsp3) is 0.569. The van der Waals surface area contributed by atoms with E-state index >= 15 is 0 Å². The van der Waals surface area contributed by atoms with Crippen molar-refractivity contribution >= 4 is 47.5 Å². The Morgan fingerprint density at radius 1 is 0.487 bits per heavy atom. The van der Waals surface area contributed by atoms with E-state index in [-0.39, 0.29) is 62.2 Å². The number of amides is 4. The number of terminal acetylenes is 1. The van der Waals surface area contributed by atoms with Gasteiger partial charge in [-0.2, -0.15) is 5.10 Å². The van der Waals surface area contributed by atoms with Gasteiger partial charge in [0.05, 0.1) is 18.3 Å². The van der Waals surface area contributed by atoms with Crippen LogP contribution in [0.1, 0.15) is 117 Å². The Morgan fingerprint density at radius 3 is 1.16 bits per heavy atom. The zero-order chi connectivity index (χ0) is 56.7. The van der Waals surface area contributed by atoms with Gasteiger partial charge in [-0.3, -0.25) is 23.9 Å². The predicted octanol–water partition coefficient (Wildman–Crippen LogP) is 5.89. The number of nitrogens with zero attached hydrogens (tertiary/aromatic N) is 6. The van der Waals surface area contributed by atoms with Crippen LogP contribution in [0.25, 0.3) is 0 Å². The molecule has 76 heavy (non-hydrogen) atoms. The number of esters is 4. The minimum Gasteiger partial charge on any atom is -0.451 e. The molecule has 1 aliphatic rings. The van der Waals surface area contributed by atoms with Gasteiger partial charge >= 0.3 is 23.9 Å². The van der Waals surface area contributed by atoms with Gasteiger partial charge in [0.2, 0.25) is 0 Å². The van der Waals surface area contributed by atoms with Crippen LogP contribution in [0.15, 0.2) is 67.0 Å². The lowest BCUT2D eigenvalue weighted by molar-refractivity contribution is -0.176. The largest absolute Gasteiger partial charge is 0.451 e. The maximum Gasteiger partial charge on any atom is 0.329 e. The van der Waals surface area contributed by atoms with Crippen molar-refractivity contribution in [2.75, 3.05) is 28.2 Å². The third-order valence-corrected chi connectivity index (χ3v) is 13.3. The summed E-state index contributed by atoms with van der Waals surface area (Å²) in [5.74, 6) is -4.83. The number of rotatable bonds is 14. The number of carbonyl (C=O) groups is 8. The topological polar surface area (TPSA) is 204 Å². The molecule has 18 heteroatoms. The van der Waals surface area contributed by atoms with E-state index in [9.17, 15) is 38.4 Å². The maximum atomic E-state index is 14.9. The first kappa shape index (κ1) is 61.5. The molecular formula is C58H80N6O12. The lowest BCUT2D eigenvalue weighted by atomic mass is 9.99. The van der Waals surface area contributed by atoms with Crippen LogP contribution in [0.2, 0.25) is 0 Å². The Hall–Kier alpha value is -7.03. The molecule has 3 aromatic rings. The molecule has 1 aromatic heterocycles. The van der Waals surface area contributed by atoms with E-state index in [2.05, 4.69) is 11.0 Å². The first-order chi connectivity index (χ1) is 35.7. The zero-order valence-corrected chi connectivity index (χ0v) is 46.9. The SMILES string of the molecule is C#Cc1cnn(Cc2ccc(C[C@H]3OC(=O)[C@H](CC(C)C)N(C)C(=O)[C@@H](C)OC(=O)[C@H](CC(C)C)N(C)C(=O)[C@@H](Cc4ccccc4)OC(=O)[C@H](CC(C)C)N(C)C(=O)[C@@H](C)OC(=O)[C@H](CC(C)C)N(C)C3=O)cc2)c1. The molecule has 8 atom stereocenters. The molecule has 4 amide bonds. The molecular weight excluding hydrogens is 973 g/mol. The normalized spacial score (nSPS) is 23.7. The summed E-state index contributed by atoms with van der Waals surface area (Å²) in [5, 5.41) is 4.30. The van der Waals surface area contributed by atoms with E-state index in [4.69, 9.17) is 25.4 Å². The molecule has 414 valence electrons. The molecule has 18 nitrogen and oxygen atoms in total. The summed E-state index contributed by atoms with van der Waals surface area (Å²) in [6, 6.07) is 11.0. The molecule has 4 rings (SSSR count). The molecule has 1 saturated heterocycles. The first-order valence-corrected chi connectivity index (χ1v) is 26.2. The van der Waals surface area contributed by atoms with E-state index in [1.807, 2.05) is 67.5 Å². The van der Waals surface area contributed by atoms with Gasteiger partial charge in [-0.05, 0) is 79.9 Å². The second-order valence-electron chi connectivity index (χ2n) is 21.7. The van der Waals surface area contributed by atoms with Gasteiger partial charge in [-0.1, -0.05) is 116 Å². The molecule has 2 heterocycles. The number of hydrogen-bond donors (Lipinski definition) is 0. The van der Waals surface area contributed by atoms with Gasteiger partial charge < -0.3 is 38.5 Å². The Balaban J connectivity index is 1.85. The second-order valence-corrected chi connectivity index (χ2v) is 21.7. The second kappa shape index (κ2) is 28.2. The minimum absolute atomic E-state index is 0.0808. The van der Waals surface area contributed by atoms with E-state index in [1.165, 1.54) is 42.0 Å². The summed E-state index contributed by atoms with van der Waals surface area (Å²) in [6.07, 6.45) is 2.98. The number of carbonyl (C=O) groups excluding carboxylic acids is 8. The zero-order valence-electron chi connectivity index (χ0n) is 46.9. The molecule has 2 aromatic carbocycles. The lowest BCUT2D eigenvalue weighted by Gasteiger charge is -2.35. The first-order valence-electron chi connectivity index (χ1n) is 26.2. The van der Waals surface area contributed by atoms with Crippen molar-refractivity contribution in [3.05, 3.63) is 89.2 Å². The van der Waals surface area contributed by atoms with Gasteiger partial charge in [0.25, 0.3) is 23.6 Å². The van der Waals surface area contributed by atoms with Gasteiger partial charge in [0.15, 0.2) is 24.4 Å². The molecule has 1 aliphatic heterocycles. The van der Waals surface area contributed by atoms with Crippen LogP contribution in [0.5, 0.6) is 0 Å². The van der Waals surface area contributed by atoms with Crippen LogP contribution in [-0.4, -0.2) is 154 Å². The lowest BCUT2D eigenvalue weighted by Crippen LogP contribution is -2.55. The number of cyclic esters (lactones) is 4. The molecule has 0 unspecified atom stereocenters. The van der Waals surface area contributed by atoms with Crippen LogP contribution in [-0.2, 0) is 76.7 Å². The highest BCUT2D eigenvalue weighted by molar-refractivity contribution is 5.94. The molecule has 0 radical (unpaired) electrons. The highest BCUT2D eigenvalue weighted by atomic mass is 16.6. The molecule has 0 aliphatic carbocycles. The minimum atomic E-state index is -1.54. The number of aromatic nitrogens is 2. The summed E-state index contributed by atoms with van der Waals surface area (Å²) in [5.41, 5.74) is 2.72. The van der Waals surface area contributed by atoms with Crippen molar-refractivity contribution in [1.29, 1.82) is 0 Å². The fourth-order valence-corrected chi connectivity index (χ4v) is 9.02. The molecule has 0 N–H and O–H groups in total. The summed E-state index contributed by atoms with van der Waals surface area (Å²) in [4.78, 5) is 121. The van der Waals surface area contributed by atoms with Gasteiger partial charge in [0.1, 0.15) is 24.2 Å². The van der Waals surface area contributed by atoms with Crippen molar-refractivity contribution < 1.29 is 57.3 Å².